The SMILES string of the molecule is Cc1cccc(C(=O)N2CCC(N(C(=O)C3CC3)C3CCOCC3)CC2)c1. The van der Waals surface area contributed by atoms with Gasteiger partial charge in [-0.1, -0.05) is 17.7 Å². The van der Waals surface area contributed by atoms with Crippen LogP contribution in [0.3, 0.4) is 0 Å². The molecule has 5 nitrogen and oxygen atoms in total. The van der Waals surface area contributed by atoms with E-state index < -0.39 is 0 Å². The van der Waals surface area contributed by atoms with Crippen molar-refractivity contribution in [3.8, 4) is 0 Å². The number of piperidine rings is 1. The molecule has 1 aromatic carbocycles. The van der Waals surface area contributed by atoms with Crippen molar-refractivity contribution in [3.05, 3.63) is 35.4 Å². The molecule has 3 aliphatic rings. The number of hydrogen-bond acceptors (Lipinski definition) is 3. The molecule has 2 saturated heterocycles. The van der Waals surface area contributed by atoms with Gasteiger partial charge in [-0.05, 0) is 57.6 Å². The second kappa shape index (κ2) is 8.01. The van der Waals surface area contributed by atoms with E-state index in [1.54, 1.807) is 0 Å². The van der Waals surface area contributed by atoms with Crippen LogP contribution in [0.15, 0.2) is 24.3 Å². The lowest BCUT2D eigenvalue weighted by Gasteiger charge is -2.44. The first-order chi connectivity index (χ1) is 13.1. The molecule has 1 aromatic rings. The third kappa shape index (κ3) is 4.18. The molecule has 146 valence electrons. The van der Waals surface area contributed by atoms with Gasteiger partial charge in [-0.2, -0.15) is 0 Å². The Morgan fingerprint density at radius 3 is 2.30 bits per heavy atom. The number of ether oxygens (including phenoxy) is 1. The van der Waals surface area contributed by atoms with Crippen molar-refractivity contribution in [2.75, 3.05) is 26.3 Å². The van der Waals surface area contributed by atoms with E-state index in [9.17, 15) is 9.59 Å². The molecule has 0 unspecified atom stereocenters. The van der Waals surface area contributed by atoms with Gasteiger partial charge in [-0.3, -0.25) is 9.59 Å². The zero-order valence-electron chi connectivity index (χ0n) is 16.2. The van der Waals surface area contributed by atoms with Gasteiger partial charge in [0.2, 0.25) is 5.91 Å². The van der Waals surface area contributed by atoms with Crippen molar-refractivity contribution in [2.45, 2.75) is 57.5 Å². The van der Waals surface area contributed by atoms with E-state index in [2.05, 4.69) is 4.90 Å². The maximum absolute atomic E-state index is 13.0. The Hall–Kier alpha value is -1.88. The molecule has 4 rings (SSSR count). The number of amides is 2. The fourth-order valence-corrected chi connectivity index (χ4v) is 4.47. The minimum atomic E-state index is 0.114. The molecular formula is C22H30N2O3. The van der Waals surface area contributed by atoms with Crippen molar-refractivity contribution in [1.82, 2.24) is 9.80 Å². The zero-order valence-corrected chi connectivity index (χ0v) is 16.2. The van der Waals surface area contributed by atoms with Gasteiger partial charge in [0.05, 0.1) is 0 Å². The summed E-state index contributed by atoms with van der Waals surface area (Å²) in [6, 6.07) is 8.39. The van der Waals surface area contributed by atoms with Crippen LogP contribution < -0.4 is 0 Å². The Balaban J connectivity index is 1.41. The molecule has 0 N–H and O–H groups in total. The Morgan fingerprint density at radius 1 is 1.00 bits per heavy atom. The number of rotatable bonds is 4. The normalized spacial score (nSPS) is 21.9. The lowest BCUT2D eigenvalue weighted by molar-refractivity contribution is -0.141. The van der Waals surface area contributed by atoms with E-state index in [1.807, 2.05) is 36.1 Å². The summed E-state index contributed by atoms with van der Waals surface area (Å²) < 4.78 is 5.51. The van der Waals surface area contributed by atoms with E-state index in [1.165, 1.54) is 0 Å². The Kier molecular flexibility index (Phi) is 5.48. The molecule has 5 heteroatoms. The van der Waals surface area contributed by atoms with Crippen LogP contribution in [0.2, 0.25) is 0 Å². The third-order valence-corrected chi connectivity index (χ3v) is 6.18. The lowest BCUT2D eigenvalue weighted by Crippen LogP contribution is -2.54. The number of likely N-dealkylation sites (tertiary alicyclic amines) is 1. The molecule has 0 bridgehead atoms. The minimum absolute atomic E-state index is 0.114. The number of hydrogen-bond donors (Lipinski definition) is 0. The molecule has 1 saturated carbocycles. The van der Waals surface area contributed by atoms with E-state index in [4.69, 9.17) is 4.74 Å². The zero-order chi connectivity index (χ0) is 18.8. The second-order valence-corrected chi connectivity index (χ2v) is 8.26. The highest BCUT2D eigenvalue weighted by Crippen LogP contribution is 2.35. The number of benzene rings is 1. The highest BCUT2D eigenvalue weighted by Gasteiger charge is 2.41. The molecule has 2 aliphatic heterocycles. The fraction of sp³-hybridized carbons (Fsp3) is 0.636. The third-order valence-electron chi connectivity index (χ3n) is 6.18. The summed E-state index contributed by atoms with van der Waals surface area (Å²) in [5.41, 5.74) is 1.88. The summed E-state index contributed by atoms with van der Waals surface area (Å²) in [6.45, 7) is 4.98. The summed E-state index contributed by atoms with van der Waals surface area (Å²) in [5, 5.41) is 0. The maximum Gasteiger partial charge on any atom is 0.253 e. The number of carbonyl (C=O) groups is 2. The average Bonchev–Trinajstić information content (AvgIpc) is 3.54. The molecule has 2 amide bonds. The summed E-state index contributed by atoms with van der Waals surface area (Å²) in [6.07, 6.45) is 5.75. The fourth-order valence-electron chi connectivity index (χ4n) is 4.47. The van der Waals surface area contributed by atoms with E-state index in [-0.39, 0.29) is 17.9 Å². The average molecular weight is 370 g/mol. The molecule has 2 heterocycles. The van der Waals surface area contributed by atoms with Crippen molar-refractivity contribution >= 4 is 11.8 Å². The Labute approximate surface area is 161 Å². The minimum Gasteiger partial charge on any atom is -0.381 e. The molecule has 0 aromatic heterocycles. The molecular weight excluding hydrogens is 340 g/mol. The van der Waals surface area contributed by atoms with Crippen molar-refractivity contribution < 1.29 is 14.3 Å². The molecule has 1 aliphatic carbocycles. The van der Waals surface area contributed by atoms with Crippen LogP contribution in [0.1, 0.15) is 54.4 Å². The van der Waals surface area contributed by atoms with Crippen molar-refractivity contribution in [3.63, 3.8) is 0 Å². The van der Waals surface area contributed by atoms with E-state index in [0.29, 0.717) is 11.9 Å². The quantitative estimate of drug-likeness (QED) is 0.819. The van der Waals surface area contributed by atoms with Gasteiger partial charge in [-0.25, -0.2) is 0 Å². The van der Waals surface area contributed by atoms with Crippen molar-refractivity contribution in [1.29, 1.82) is 0 Å². The molecule has 0 radical (unpaired) electrons. The molecule has 3 fully saturated rings. The number of carbonyl (C=O) groups excluding carboxylic acids is 2. The van der Waals surface area contributed by atoms with Crippen LogP contribution >= 0.6 is 0 Å². The van der Waals surface area contributed by atoms with Gasteiger partial charge in [0, 0.05) is 49.9 Å². The summed E-state index contributed by atoms with van der Waals surface area (Å²) >= 11 is 0. The first-order valence-electron chi connectivity index (χ1n) is 10.4. The highest BCUT2D eigenvalue weighted by molar-refractivity contribution is 5.94. The van der Waals surface area contributed by atoms with Crippen LogP contribution in [-0.4, -0.2) is 60.0 Å². The smallest absolute Gasteiger partial charge is 0.253 e. The molecule has 0 atom stereocenters. The predicted molar refractivity (Wildman–Crippen MR) is 104 cm³/mol. The molecule has 0 spiro atoms. The Morgan fingerprint density at radius 2 is 1.67 bits per heavy atom. The first kappa shape index (κ1) is 18.5. The monoisotopic (exact) mass is 370 g/mol. The maximum atomic E-state index is 13.0. The van der Waals surface area contributed by atoms with Crippen LogP contribution in [0.25, 0.3) is 0 Å². The summed E-state index contributed by atoms with van der Waals surface area (Å²) in [7, 11) is 0. The lowest BCUT2D eigenvalue weighted by atomic mass is 9.96. The predicted octanol–water partition coefficient (Wildman–Crippen LogP) is 3.02. The van der Waals surface area contributed by atoms with Gasteiger partial charge in [0.15, 0.2) is 0 Å². The largest absolute Gasteiger partial charge is 0.381 e. The number of aryl methyl sites for hydroxylation is 1. The first-order valence-corrected chi connectivity index (χ1v) is 10.4. The summed E-state index contributed by atoms with van der Waals surface area (Å²) in [5.74, 6) is 0.716. The van der Waals surface area contributed by atoms with Crippen LogP contribution in [-0.2, 0) is 9.53 Å². The van der Waals surface area contributed by atoms with Gasteiger partial charge in [0.25, 0.3) is 5.91 Å². The second-order valence-electron chi connectivity index (χ2n) is 8.26. The topological polar surface area (TPSA) is 49.9 Å². The summed E-state index contributed by atoms with van der Waals surface area (Å²) in [4.78, 5) is 30.0. The van der Waals surface area contributed by atoms with E-state index in [0.717, 1.165) is 76.0 Å². The number of nitrogens with zero attached hydrogens (tertiary/aromatic N) is 2. The highest BCUT2D eigenvalue weighted by atomic mass is 16.5. The van der Waals surface area contributed by atoms with Crippen LogP contribution in [0.5, 0.6) is 0 Å². The van der Waals surface area contributed by atoms with Gasteiger partial charge in [0.1, 0.15) is 0 Å². The van der Waals surface area contributed by atoms with Crippen molar-refractivity contribution in [2.24, 2.45) is 5.92 Å². The van der Waals surface area contributed by atoms with Gasteiger partial charge < -0.3 is 14.5 Å². The van der Waals surface area contributed by atoms with Gasteiger partial charge >= 0.3 is 0 Å². The standard InChI is InChI=1S/C22H30N2O3/c1-16-3-2-4-18(15-16)21(25)23-11-7-19(8-12-23)24(22(26)17-5-6-17)20-9-13-27-14-10-20/h2-4,15,17,19-20H,5-14H2,1H3. The van der Waals surface area contributed by atoms with Gasteiger partial charge in [-0.15, -0.1) is 0 Å². The molecule has 27 heavy (non-hydrogen) atoms. The van der Waals surface area contributed by atoms with Crippen LogP contribution in [0, 0.1) is 12.8 Å². The van der Waals surface area contributed by atoms with E-state index >= 15 is 0 Å². The Bertz CT molecular complexity index is 687. The van der Waals surface area contributed by atoms with Crippen LogP contribution in [0.4, 0.5) is 0 Å².